The molecule has 0 aromatic rings. The van der Waals surface area contributed by atoms with Crippen LogP contribution in [0.1, 0.15) is 20.3 Å². The van der Waals surface area contributed by atoms with Gasteiger partial charge < -0.3 is 16.6 Å². The first-order chi connectivity index (χ1) is 6.32. The average Bonchev–Trinajstić information content (AvgIpc) is 2.50. The molecule has 1 unspecified atom stereocenters. The molecule has 5 heteroatoms. The third kappa shape index (κ3) is 1.89. The maximum atomic E-state index is 11.0. The third-order valence-electron chi connectivity index (χ3n) is 3.06. The van der Waals surface area contributed by atoms with Crippen LogP contribution in [-0.2, 0) is 4.79 Å². The molecule has 5 N–H and O–H groups in total. The molecule has 0 radical (unpaired) electrons. The number of aliphatic hydroxyl groups is 1. The minimum absolute atomic E-state index is 0.195. The van der Waals surface area contributed by atoms with Gasteiger partial charge in [-0.3, -0.25) is 9.69 Å². The fourth-order valence-corrected chi connectivity index (χ4v) is 1.64. The van der Waals surface area contributed by atoms with E-state index in [0.29, 0.717) is 19.5 Å². The summed E-state index contributed by atoms with van der Waals surface area (Å²) in [6, 6.07) is 0. The predicted molar refractivity (Wildman–Crippen MR) is 53.5 cm³/mol. The van der Waals surface area contributed by atoms with Crippen molar-refractivity contribution in [2.24, 2.45) is 11.5 Å². The molecule has 1 amide bonds. The summed E-state index contributed by atoms with van der Waals surface area (Å²) in [5.41, 5.74) is 9.18. The van der Waals surface area contributed by atoms with Crippen LogP contribution in [0.5, 0.6) is 0 Å². The second-order valence-corrected chi connectivity index (χ2v) is 4.58. The fraction of sp³-hybridized carbons (Fsp3) is 0.889. The summed E-state index contributed by atoms with van der Waals surface area (Å²) < 4.78 is 0. The summed E-state index contributed by atoms with van der Waals surface area (Å²) in [6.07, 6.45) is 0.395. The van der Waals surface area contributed by atoms with E-state index in [-0.39, 0.29) is 12.1 Å². The van der Waals surface area contributed by atoms with Gasteiger partial charge in [-0.15, -0.1) is 0 Å². The zero-order valence-electron chi connectivity index (χ0n) is 8.79. The molecule has 1 aliphatic rings. The molecule has 1 fully saturated rings. The zero-order valence-corrected chi connectivity index (χ0v) is 8.79. The van der Waals surface area contributed by atoms with E-state index in [4.69, 9.17) is 11.5 Å². The molecule has 5 nitrogen and oxygen atoms in total. The average molecular weight is 201 g/mol. The van der Waals surface area contributed by atoms with Gasteiger partial charge in [-0.1, -0.05) is 0 Å². The standard InChI is InChI=1S/C9H19N3O2/c1-8(2,5-10)12-4-3-9(14,6-12)7(11)13/h14H,3-6,10H2,1-2H3,(H2,11,13). The van der Waals surface area contributed by atoms with Crippen molar-refractivity contribution >= 4 is 5.91 Å². The third-order valence-corrected chi connectivity index (χ3v) is 3.06. The first kappa shape index (κ1) is 11.4. The Balaban J connectivity index is 2.70. The van der Waals surface area contributed by atoms with Gasteiger partial charge in [0, 0.05) is 25.2 Å². The second kappa shape index (κ2) is 3.49. The molecule has 1 atom stereocenters. The Labute approximate surface area is 84.0 Å². The summed E-state index contributed by atoms with van der Waals surface area (Å²) in [6.45, 7) is 5.40. The number of hydrogen-bond acceptors (Lipinski definition) is 4. The van der Waals surface area contributed by atoms with E-state index in [1.54, 1.807) is 0 Å². The van der Waals surface area contributed by atoms with Crippen LogP contribution in [0, 0.1) is 0 Å². The number of nitrogens with zero attached hydrogens (tertiary/aromatic N) is 1. The van der Waals surface area contributed by atoms with Crippen LogP contribution in [0.2, 0.25) is 0 Å². The monoisotopic (exact) mass is 201 g/mol. The number of carbonyl (C=O) groups is 1. The lowest BCUT2D eigenvalue weighted by atomic mass is 10.0. The van der Waals surface area contributed by atoms with Crippen LogP contribution < -0.4 is 11.5 Å². The van der Waals surface area contributed by atoms with Gasteiger partial charge in [-0.25, -0.2) is 0 Å². The topological polar surface area (TPSA) is 92.6 Å². The van der Waals surface area contributed by atoms with E-state index in [1.165, 1.54) is 0 Å². The Morgan fingerprint density at radius 3 is 2.57 bits per heavy atom. The zero-order chi connectivity index (χ0) is 11.0. The lowest BCUT2D eigenvalue weighted by Crippen LogP contribution is -2.52. The molecule has 1 heterocycles. The highest BCUT2D eigenvalue weighted by atomic mass is 16.3. The predicted octanol–water partition coefficient (Wildman–Crippen LogP) is -1.35. The largest absolute Gasteiger partial charge is 0.379 e. The molecule has 1 aliphatic heterocycles. The molecule has 82 valence electrons. The van der Waals surface area contributed by atoms with Gasteiger partial charge in [0.2, 0.25) is 0 Å². The SMILES string of the molecule is CC(C)(CN)N1CCC(O)(C(N)=O)C1. The van der Waals surface area contributed by atoms with Gasteiger partial charge in [0.1, 0.15) is 0 Å². The molecule has 0 bridgehead atoms. The fourth-order valence-electron chi connectivity index (χ4n) is 1.64. The molecule has 0 aromatic carbocycles. The number of β-amino-alcohol motifs (C(OH)–C–C–N with tert-alkyl or cyclic N) is 1. The lowest BCUT2D eigenvalue weighted by molar-refractivity contribution is -0.135. The van der Waals surface area contributed by atoms with Crippen LogP contribution >= 0.6 is 0 Å². The van der Waals surface area contributed by atoms with E-state index < -0.39 is 11.5 Å². The molecule has 14 heavy (non-hydrogen) atoms. The van der Waals surface area contributed by atoms with E-state index in [0.717, 1.165) is 0 Å². The molecule has 0 aliphatic carbocycles. The molecule has 0 saturated carbocycles. The van der Waals surface area contributed by atoms with Crippen LogP contribution in [0.3, 0.4) is 0 Å². The van der Waals surface area contributed by atoms with Crippen molar-refractivity contribution in [2.75, 3.05) is 19.6 Å². The van der Waals surface area contributed by atoms with Crippen molar-refractivity contribution in [1.29, 1.82) is 0 Å². The quantitative estimate of drug-likeness (QED) is 0.526. The Morgan fingerprint density at radius 1 is 1.64 bits per heavy atom. The van der Waals surface area contributed by atoms with Gasteiger partial charge in [0.15, 0.2) is 5.60 Å². The highest BCUT2D eigenvalue weighted by molar-refractivity contribution is 5.83. The van der Waals surface area contributed by atoms with Crippen LogP contribution in [0.25, 0.3) is 0 Å². The van der Waals surface area contributed by atoms with Crippen LogP contribution in [0.4, 0.5) is 0 Å². The lowest BCUT2D eigenvalue weighted by Gasteiger charge is -2.34. The molecular weight excluding hydrogens is 182 g/mol. The van der Waals surface area contributed by atoms with E-state index in [9.17, 15) is 9.90 Å². The van der Waals surface area contributed by atoms with E-state index >= 15 is 0 Å². The van der Waals surface area contributed by atoms with Crippen molar-refractivity contribution in [3.05, 3.63) is 0 Å². The normalized spacial score (nSPS) is 29.4. The number of hydrogen-bond donors (Lipinski definition) is 3. The molecule has 1 rings (SSSR count). The van der Waals surface area contributed by atoms with Crippen molar-refractivity contribution in [2.45, 2.75) is 31.4 Å². The van der Waals surface area contributed by atoms with Crippen LogP contribution in [-0.4, -0.2) is 46.7 Å². The second-order valence-electron chi connectivity index (χ2n) is 4.58. The van der Waals surface area contributed by atoms with Crippen LogP contribution in [0.15, 0.2) is 0 Å². The maximum Gasteiger partial charge on any atom is 0.250 e. The Hall–Kier alpha value is -0.650. The summed E-state index contributed by atoms with van der Waals surface area (Å²) in [4.78, 5) is 13.0. The highest BCUT2D eigenvalue weighted by Crippen LogP contribution is 2.26. The van der Waals surface area contributed by atoms with Crippen molar-refractivity contribution in [1.82, 2.24) is 4.90 Å². The van der Waals surface area contributed by atoms with Gasteiger partial charge in [-0.05, 0) is 20.3 Å². The number of rotatable bonds is 3. The number of likely N-dealkylation sites (tertiary alicyclic amines) is 1. The van der Waals surface area contributed by atoms with Crippen molar-refractivity contribution in [3.8, 4) is 0 Å². The minimum atomic E-state index is -1.37. The first-order valence-electron chi connectivity index (χ1n) is 4.79. The Kier molecular flexibility index (Phi) is 2.85. The Morgan fingerprint density at radius 2 is 2.21 bits per heavy atom. The summed E-state index contributed by atoms with van der Waals surface area (Å²) >= 11 is 0. The van der Waals surface area contributed by atoms with Crippen molar-refractivity contribution < 1.29 is 9.90 Å². The number of primary amides is 1. The number of nitrogens with two attached hydrogens (primary N) is 2. The summed E-state index contributed by atoms with van der Waals surface area (Å²) in [5.74, 6) is -0.646. The first-order valence-corrected chi connectivity index (χ1v) is 4.79. The van der Waals surface area contributed by atoms with Crippen molar-refractivity contribution in [3.63, 3.8) is 0 Å². The molecular formula is C9H19N3O2. The van der Waals surface area contributed by atoms with Gasteiger partial charge in [0.05, 0.1) is 0 Å². The molecule has 0 spiro atoms. The van der Waals surface area contributed by atoms with Gasteiger partial charge in [-0.2, -0.15) is 0 Å². The number of carbonyl (C=O) groups excluding carboxylic acids is 1. The van der Waals surface area contributed by atoms with E-state index in [2.05, 4.69) is 0 Å². The molecule has 1 saturated heterocycles. The van der Waals surface area contributed by atoms with E-state index in [1.807, 2.05) is 18.7 Å². The summed E-state index contributed by atoms with van der Waals surface area (Å²) in [7, 11) is 0. The van der Waals surface area contributed by atoms with Gasteiger partial charge >= 0.3 is 0 Å². The Bertz CT molecular complexity index is 242. The molecule has 0 aromatic heterocycles. The summed E-state index contributed by atoms with van der Waals surface area (Å²) in [5, 5.41) is 9.84. The minimum Gasteiger partial charge on any atom is -0.379 e. The maximum absolute atomic E-state index is 11.0. The number of amides is 1. The van der Waals surface area contributed by atoms with Gasteiger partial charge in [0.25, 0.3) is 5.91 Å². The highest BCUT2D eigenvalue weighted by Gasteiger charge is 2.45. The smallest absolute Gasteiger partial charge is 0.250 e.